The maximum absolute atomic E-state index is 12.6. The molecule has 24 heavy (non-hydrogen) atoms. The van der Waals surface area contributed by atoms with Crippen molar-refractivity contribution in [3.8, 4) is 0 Å². The fourth-order valence-corrected chi connectivity index (χ4v) is 4.23. The summed E-state index contributed by atoms with van der Waals surface area (Å²) in [5, 5.41) is 9.62. The molecule has 3 rings (SSSR count). The highest BCUT2D eigenvalue weighted by molar-refractivity contribution is 5.81. The van der Waals surface area contributed by atoms with Gasteiger partial charge in [-0.1, -0.05) is 18.6 Å². The molecule has 1 N–H and O–H groups in total. The molecule has 1 amide bonds. The van der Waals surface area contributed by atoms with Gasteiger partial charge in [-0.3, -0.25) is 9.59 Å². The van der Waals surface area contributed by atoms with Crippen molar-refractivity contribution in [1.82, 2.24) is 4.90 Å². The van der Waals surface area contributed by atoms with E-state index in [2.05, 4.69) is 6.07 Å². The Morgan fingerprint density at radius 1 is 1.38 bits per heavy atom. The first-order valence-corrected chi connectivity index (χ1v) is 8.70. The third kappa shape index (κ3) is 2.99. The molecule has 130 valence electrons. The zero-order chi connectivity index (χ0) is 17.3. The number of benzene rings is 1. The van der Waals surface area contributed by atoms with Gasteiger partial charge in [0.1, 0.15) is 0 Å². The zero-order valence-corrected chi connectivity index (χ0v) is 14.5. The number of carboxylic acid groups (broad SMARTS) is 1. The predicted octanol–water partition coefficient (Wildman–Crippen LogP) is 2.40. The molecule has 1 saturated heterocycles. The van der Waals surface area contributed by atoms with Gasteiger partial charge in [-0.25, -0.2) is 0 Å². The smallest absolute Gasteiger partial charge is 0.311 e. The number of aliphatic carboxylic acids is 1. The monoisotopic (exact) mass is 330 g/mol. The summed E-state index contributed by atoms with van der Waals surface area (Å²) in [4.78, 5) is 28.1. The van der Waals surface area contributed by atoms with Crippen molar-refractivity contribution >= 4 is 17.6 Å². The number of carboxylic acids is 1. The van der Waals surface area contributed by atoms with Crippen LogP contribution < -0.4 is 4.90 Å². The van der Waals surface area contributed by atoms with E-state index in [9.17, 15) is 14.7 Å². The first-order valence-electron chi connectivity index (χ1n) is 8.70. The standard InChI is InChI=1S/C19H26N2O3/c1-20(2)16-7-3-5-14(11-16)8-9-17(22)21-12-15-6-4-10-19(15,13-21)18(23)24/h3,5,7,11,15H,4,6,8-10,12-13H2,1-2H3,(H,23,24)/t15-,19+/m0/s1. The van der Waals surface area contributed by atoms with Crippen molar-refractivity contribution in [2.75, 3.05) is 32.1 Å². The highest BCUT2D eigenvalue weighted by atomic mass is 16.4. The van der Waals surface area contributed by atoms with E-state index in [-0.39, 0.29) is 11.8 Å². The predicted molar refractivity (Wildman–Crippen MR) is 93.1 cm³/mol. The van der Waals surface area contributed by atoms with Crippen LogP contribution in [0.3, 0.4) is 0 Å². The van der Waals surface area contributed by atoms with E-state index in [1.807, 2.05) is 37.2 Å². The molecule has 1 heterocycles. The molecule has 5 nitrogen and oxygen atoms in total. The van der Waals surface area contributed by atoms with E-state index in [1.165, 1.54) is 0 Å². The van der Waals surface area contributed by atoms with Gasteiger partial charge < -0.3 is 14.9 Å². The lowest BCUT2D eigenvalue weighted by atomic mass is 9.81. The van der Waals surface area contributed by atoms with Gasteiger partial charge in [0.15, 0.2) is 0 Å². The summed E-state index contributed by atoms with van der Waals surface area (Å²) in [5.41, 5.74) is 1.59. The van der Waals surface area contributed by atoms with E-state index in [4.69, 9.17) is 0 Å². The second-order valence-electron chi connectivity index (χ2n) is 7.39. The average Bonchev–Trinajstić information content (AvgIpc) is 3.11. The van der Waals surface area contributed by atoms with E-state index in [1.54, 1.807) is 4.90 Å². The van der Waals surface area contributed by atoms with Crippen molar-refractivity contribution in [3.05, 3.63) is 29.8 Å². The zero-order valence-electron chi connectivity index (χ0n) is 14.5. The lowest BCUT2D eigenvalue weighted by molar-refractivity contribution is -0.149. The summed E-state index contributed by atoms with van der Waals surface area (Å²) in [6.07, 6.45) is 3.75. The Morgan fingerprint density at radius 3 is 2.83 bits per heavy atom. The Kier molecular flexibility index (Phi) is 4.52. The van der Waals surface area contributed by atoms with Gasteiger partial charge in [-0.05, 0) is 42.9 Å². The molecule has 1 aliphatic heterocycles. The number of carbonyl (C=O) groups excluding carboxylic acids is 1. The summed E-state index contributed by atoms with van der Waals surface area (Å²) >= 11 is 0. The summed E-state index contributed by atoms with van der Waals surface area (Å²) in [7, 11) is 4.00. The van der Waals surface area contributed by atoms with E-state index >= 15 is 0 Å². The van der Waals surface area contributed by atoms with Gasteiger partial charge in [-0.2, -0.15) is 0 Å². The molecule has 2 aliphatic rings. The number of carbonyl (C=O) groups is 2. The van der Waals surface area contributed by atoms with Crippen LogP contribution in [-0.4, -0.2) is 49.1 Å². The second-order valence-corrected chi connectivity index (χ2v) is 7.39. The highest BCUT2D eigenvalue weighted by Gasteiger charge is 2.55. The van der Waals surface area contributed by atoms with Gasteiger partial charge in [0.05, 0.1) is 5.41 Å². The first-order chi connectivity index (χ1) is 11.4. The molecule has 1 aromatic rings. The second kappa shape index (κ2) is 6.46. The third-order valence-electron chi connectivity index (χ3n) is 5.70. The molecule has 2 atom stereocenters. The van der Waals surface area contributed by atoms with Crippen molar-refractivity contribution in [1.29, 1.82) is 0 Å². The third-order valence-corrected chi connectivity index (χ3v) is 5.70. The van der Waals surface area contributed by atoms with Crippen LogP contribution in [0.4, 0.5) is 5.69 Å². The van der Waals surface area contributed by atoms with Crippen molar-refractivity contribution in [2.24, 2.45) is 11.3 Å². The number of fused-ring (bicyclic) bond motifs is 1. The molecule has 1 aliphatic carbocycles. The topological polar surface area (TPSA) is 60.9 Å². The Balaban J connectivity index is 1.60. The molecule has 0 aromatic heterocycles. The number of amides is 1. The van der Waals surface area contributed by atoms with E-state index in [0.717, 1.165) is 24.1 Å². The number of likely N-dealkylation sites (tertiary alicyclic amines) is 1. The molecule has 0 radical (unpaired) electrons. The van der Waals surface area contributed by atoms with E-state index in [0.29, 0.717) is 32.4 Å². The quantitative estimate of drug-likeness (QED) is 0.900. The number of anilines is 1. The molecular formula is C19H26N2O3. The van der Waals surface area contributed by atoms with Crippen LogP contribution in [0.25, 0.3) is 0 Å². The SMILES string of the molecule is CN(C)c1cccc(CCC(=O)N2C[C@@H]3CCC[C@@]3(C(=O)O)C2)c1. The maximum atomic E-state index is 12.6. The first kappa shape index (κ1) is 16.8. The summed E-state index contributed by atoms with van der Waals surface area (Å²) < 4.78 is 0. The van der Waals surface area contributed by atoms with Crippen LogP contribution in [0.5, 0.6) is 0 Å². The van der Waals surface area contributed by atoms with Crippen LogP contribution in [0, 0.1) is 11.3 Å². The van der Waals surface area contributed by atoms with Gasteiger partial charge >= 0.3 is 5.97 Å². The highest BCUT2D eigenvalue weighted by Crippen LogP contribution is 2.48. The largest absolute Gasteiger partial charge is 0.481 e. The number of rotatable bonds is 5. The minimum Gasteiger partial charge on any atom is -0.481 e. The minimum absolute atomic E-state index is 0.0836. The van der Waals surface area contributed by atoms with Crippen molar-refractivity contribution in [2.45, 2.75) is 32.1 Å². The maximum Gasteiger partial charge on any atom is 0.311 e. The molecule has 1 aromatic carbocycles. The van der Waals surface area contributed by atoms with Crippen LogP contribution >= 0.6 is 0 Å². The Hall–Kier alpha value is -2.04. The fraction of sp³-hybridized carbons (Fsp3) is 0.579. The number of hydrogen-bond acceptors (Lipinski definition) is 3. The van der Waals surface area contributed by atoms with Gasteiger partial charge in [0.25, 0.3) is 0 Å². The Labute approximate surface area is 143 Å². The van der Waals surface area contributed by atoms with Crippen LogP contribution in [0.2, 0.25) is 0 Å². The average molecular weight is 330 g/mol. The van der Waals surface area contributed by atoms with Gasteiger partial charge in [0, 0.05) is 39.3 Å². The fourth-order valence-electron chi connectivity index (χ4n) is 4.23. The molecule has 0 spiro atoms. The number of aryl methyl sites for hydroxylation is 1. The van der Waals surface area contributed by atoms with Gasteiger partial charge in [0.2, 0.25) is 5.91 Å². The Bertz CT molecular complexity index is 643. The summed E-state index contributed by atoms with van der Waals surface area (Å²) in [5.74, 6) is -0.504. The lowest BCUT2D eigenvalue weighted by Crippen LogP contribution is -2.37. The normalized spacial score (nSPS) is 25.6. The van der Waals surface area contributed by atoms with Crippen LogP contribution in [0.1, 0.15) is 31.2 Å². The Morgan fingerprint density at radius 2 is 2.17 bits per heavy atom. The molecule has 5 heteroatoms. The summed E-state index contributed by atoms with van der Waals surface area (Å²) in [6.45, 7) is 1.01. The van der Waals surface area contributed by atoms with Crippen LogP contribution in [0.15, 0.2) is 24.3 Å². The molecule has 0 unspecified atom stereocenters. The minimum atomic E-state index is -0.723. The summed E-state index contributed by atoms with van der Waals surface area (Å²) in [6, 6.07) is 8.20. The molecule has 1 saturated carbocycles. The van der Waals surface area contributed by atoms with Crippen molar-refractivity contribution in [3.63, 3.8) is 0 Å². The van der Waals surface area contributed by atoms with E-state index < -0.39 is 11.4 Å². The number of hydrogen-bond donors (Lipinski definition) is 1. The lowest BCUT2D eigenvalue weighted by Gasteiger charge is -2.23. The molecule has 2 fully saturated rings. The van der Waals surface area contributed by atoms with Gasteiger partial charge in [-0.15, -0.1) is 0 Å². The van der Waals surface area contributed by atoms with Crippen molar-refractivity contribution < 1.29 is 14.7 Å². The molecule has 0 bridgehead atoms. The number of nitrogens with zero attached hydrogens (tertiary/aromatic N) is 2. The van der Waals surface area contributed by atoms with Crippen LogP contribution in [-0.2, 0) is 16.0 Å². The molecular weight excluding hydrogens is 304 g/mol.